The van der Waals surface area contributed by atoms with Crippen LogP contribution < -0.4 is 0 Å². The summed E-state index contributed by atoms with van der Waals surface area (Å²) in [6.45, 7) is 4.85. The van der Waals surface area contributed by atoms with Gasteiger partial charge in [0.2, 0.25) is 0 Å². The molecule has 3 heteroatoms. The van der Waals surface area contributed by atoms with Crippen LogP contribution in [0.4, 0.5) is 5.69 Å². The van der Waals surface area contributed by atoms with Crippen LogP contribution in [0, 0.1) is 13.8 Å². The summed E-state index contributed by atoms with van der Waals surface area (Å²) in [6, 6.07) is 16.6. The van der Waals surface area contributed by atoms with Crippen LogP contribution in [0.5, 0.6) is 0 Å². The molecule has 0 aromatic heterocycles. The van der Waals surface area contributed by atoms with Gasteiger partial charge in [0.25, 0.3) is 0 Å². The number of rotatable bonds is 2. The Hall–Kier alpha value is -1.83. The van der Waals surface area contributed by atoms with Crippen molar-refractivity contribution in [3.8, 4) is 0 Å². The van der Waals surface area contributed by atoms with E-state index in [4.69, 9.17) is 9.73 Å². The van der Waals surface area contributed by atoms with Gasteiger partial charge in [0.05, 0.1) is 0 Å². The second-order valence-electron chi connectivity index (χ2n) is 5.03. The minimum absolute atomic E-state index is 0.185. The molecule has 0 unspecified atom stereocenters. The van der Waals surface area contributed by atoms with Crippen molar-refractivity contribution < 1.29 is 4.74 Å². The zero-order valence-electron chi connectivity index (χ0n) is 12.2. The predicted octanol–water partition coefficient (Wildman–Crippen LogP) is 4.07. The van der Waals surface area contributed by atoms with E-state index in [0.29, 0.717) is 6.61 Å². The molecule has 2 aromatic rings. The molecule has 0 amide bonds. The monoisotopic (exact) mass is 343 g/mol. The average molecular weight is 342 g/mol. The van der Waals surface area contributed by atoms with Gasteiger partial charge < -0.3 is 0 Å². The van der Waals surface area contributed by atoms with Crippen LogP contribution in [-0.2, 0) is 4.74 Å². The van der Waals surface area contributed by atoms with Gasteiger partial charge in [-0.25, -0.2) is 0 Å². The molecule has 1 heterocycles. The van der Waals surface area contributed by atoms with Crippen LogP contribution in [0.2, 0.25) is 0 Å². The molecule has 0 radical (unpaired) electrons. The standard InChI is InChI=1S/C18H17NOSe/c1-13-7-6-8-14(2)17(13)19-18-20-12-16(21-18)11-15-9-4-3-5-10-15/h3-11H,12H2,1-2H3/b16-11-,19-18?. The third-order valence-corrected chi connectivity index (χ3v) is 5.18. The van der Waals surface area contributed by atoms with E-state index in [2.05, 4.69) is 62.4 Å². The second kappa shape index (κ2) is 6.30. The maximum absolute atomic E-state index is 5.76. The molecule has 0 aliphatic carbocycles. The molecule has 1 fully saturated rings. The Morgan fingerprint density at radius 1 is 1.00 bits per heavy atom. The number of benzene rings is 2. The zero-order chi connectivity index (χ0) is 14.7. The predicted molar refractivity (Wildman–Crippen MR) is 89.1 cm³/mol. The fourth-order valence-corrected chi connectivity index (χ4v) is 3.90. The number of hydrogen-bond acceptors (Lipinski definition) is 2. The Morgan fingerprint density at radius 3 is 2.43 bits per heavy atom. The van der Waals surface area contributed by atoms with Gasteiger partial charge in [-0.3, -0.25) is 0 Å². The summed E-state index contributed by atoms with van der Waals surface area (Å²) in [7, 11) is 0. The van der Waals surface area contributed by atoms with Crippen LogP contribution in [0.25, 0.3) is 6.08 Å². The first-order valence-corrected chi connectivity index (χ1v) is 8.65. The number of nitrogens with zero attached hydrogens (tertiary/aromatic N) is 1. The van der Waals surface area contributed by atoms with Crippen molar-refractivity contribution in [3.05, 3.63) is 69.7 Å². The normalized spacial score (nSPS) is 18.2. The Balaban J connectivity index is 1.81. The molecular formula is C18H17NOSe. The Bertz CT molecular complexity index is 684. The quantitative estimate of drug-likeness (QED) is 0.754. The molecule has 2 nitrogen and oxygen atoms in total. The topological polar surface area (TPSA) is 21.6 Å². The van der Waals surface area contributed by atoms with E-state index >= 15 is 0 Å². The van der Waals surface area contributed by atoms with Crippen molar-refractivity contribution >= 4 is 31.5 Å². The number of aryl methyl sites for hydroxylation is 2. The van der Waals surface area contributed by atoms with Crippen LogP contribution in [0.1, 0.15) is 16.7 Å². The van der Waals surface area contributed by atoms with Gasteiger partial charge in [0.15, 0.2) is 0 Å². The molecule has 3 rings (SSSR count). The van der Waals surface area contributed by atoms with Crippen molar-refractivity contribution in [2.24, 2.45) is 4.99 Å². The van der Waals surface area contributed by atoms with Crippen LogP contribution in [-0.4, -0.2) is 26.4 Å². The van der Waals surface area contributed by atoms with E-state index in [1.807, 2.05) is 6.07 Å². The molecule has 0 atom stereocenters. The third kappa shape index (κ3) is 3.44. The molecule has 1 saturated heterocycles. The first kappa shape index (κ1) is 14.1. The zero-order valence-corrected chi connectivity index (χ0v) is 13.9. The summed E-state index contributed by atoms with van der Waals surface area (Å²) in [5.41, 5.74) is 4.67. The van der Waals surface area contributed by atoms with Gasteiger partial charge in [-0.2, -0.15) is 0 Å². The fraction of sp³-hybridized carbons (Fsp3) is 0.167. The van der Waals surface area contributed by atoms with E-state index in [-0.39, 0.29) is 15.0 Å². The van der Waals surface area contributed by atoms with Gasteiger partial charge in [-0.15, -0.1) is 0 Å². The first-order chi connectivity index (χ1) is 10.2. The summed E-state index contributed by atoms with van der Waals surface area (Å²) >= 11 is 0.185. The Morgan fingerprint density at radius 2 is 1.71 bits per heavy atom. The van der Waals surface area contributed by atoms with Crippen molar-refractivity contribution in [2.45, 2.75) is 13.8 Å². The maximum atomic E-state index is 5.76. The van der Waals surface area contributed by atoms with Crippen molar-refractivity contribution in [3.63, 3.8) is 0 Å². The van der Waals surface area contributed by atoms with Crippen LogP contribution in [0.3, 0.4) is 0 Å². The molecule has 0 bridgehead atoms. The summed E-state index contributed by atoms with van der Waals surface area (Å²) < 4.78 is 7.09. The van der Waals surface area contributed by atoms with Gasteiger partial charge in [-0.1, -0.05) is 0 Å². The molecular weight excluding hydrogens is 325 g/mol. The molecule has 1 aliphatic heterocycles. The van der Waals surface area contributed by atoms with E-state index in [1.54, 1.807) is 0 Å². The third-order valence-electron chi connectivity index (χ3n) is 3.33. The summed E-state index contributed by atoms with van der Waals surface area (Å²) in [4.78, 5) is 5.61. The van der Waals surface area contributed by atoms with E-state index in [9.17, 15) is 0 Å². The van der Waals surface area contributed by atoms with Crippen LogP contribution >= 0.6 is 0 Å². The van der Waals surface area contributed by atoms with Crippen LogP contribution in [0.15, 0.2) is 58.0 Å². The molecule has 0 saturated carbocycles. The molecule has 0 N–H and O–H groups in total. The number of aliphatic imine (C=N–C) groups is 1. The molecule has 21 heavy (non-hydrogen) atoms. The van der Waals surface area contributed by atoms with Gasteiger partial charge in [-0.05, 0) is 0 Å². The van der Waals surface area contributed by atoms with E-state index in [1.165, 1.54) is 21.2 Å². The van der Waals surface area contributed by atoms with Crippen molar-refractivity contribution in [1.29, 1.82) is 0 Å². The average Bonchev–Trinajstić information content (AvgIpc) is 2.91. The van der Waals surface area contributed by atoms with E-state index < -0.39 is 0 Å². The molecule has 106 valence electrons. The van der Waals surface area contributed by atoms with Gasteiger partial charge in [0.1, 0.15) is 0 Å². The molecule has 1 aliphatic rings. The minimum atomic E-state index is 0.185. The Kier molecular flexibility index (Phi) is 4.23. The number of ether oxygens (including phenoxy) is 1. The van der Waals surface area contributed by atoms with Crippen molar-refractivity contribution in [2.75, 3.05) is 6.61 Å². The van der Waals surface area contributed by atoms with E-state index in [0.717, 1.165) is 10.5 Å². The molecule has 2 aromatic carbocycles. The van der Waals surface area contributed by atoms with Gasteiger partial charge in [0, 0.05) is 0 Å². The summed E-state index contributed by atoms with van der Waals surface area (Å²) in [5, 5.41) is 0. The molecule has 0 spiro atoms. The summed E-state index contributed by atoms with van der Waals surface area (Å²) in [5.74, 6) is 0. The van der Waals surface area contributed by atoms with Crippen molar-refractivity contribution in [1.82, 2.24) is 0 Å². The van der Waals surface area contributed by atoms with Gasteiger partial charge >= 0.3 is 131 Å². The SMILES string of the molecule is Cc1cccc(C)c1N=C1OC/C(=C/c2ccccc2)[Se]1. The second-order valence-corrected chi connectivity index (χ2v) is 7.29. The number of hydrogen-bond donors (Lipinski definition) is 0. The Labute approximate surface area is 131 Å². The first-order valence-electron chi connectivity index (χ1n) is 6.93. The fourth-order valence-electron chi connectivity index (χ4n) is 2.24. The number of para-hydroxylation sites is 1. The summed E-state index contributed by atoms with van der Waals surface area (Å²) in [6.07, 6.45) is 2.22.